The molecule has 0 N–H and O–H groups in total. The fourth-order valence-corrected chi connectivity index (χ4v) is 3.36. The summed E-state index contributed by atoms with van der Waals surface area (Å²) < 4.78 is 40.7. The van der Waals surface area contributed by atoms with Crippen LogP contribution in [0.2, 0.25) is 0 Å². The molecule has 4 rings (SSSR count). The van der Waals surface area contributed by atoms with E-state index in [9.17, 15) is 22.8 Å². The van der Waals surface area contributed by atoms with Crippen LogP contribution in [0, 0.1) is 0 Å². The van der Waals surface area contributed by atoms with Gasteiger partial charge in [-0.1, -0.05) is 0 Å². The van der Waals surface area contributed by atoms with Crippen LogP contribution in [0.5, 0.6) is 0 Å². The van der Waals surface area contributed by atoms with Gasteiger partial charge in [0.1, 0.15) is 5.56 Å². The number of halogens is 3. The van der Waals surface area contributed by atoms with E-state index in [-0.39, 0.29) is 31.0 Å². The van der Waals surface area contributed by atoms with Gasteiger partial charge >= 0.3 is 6.18 Å². The van der Waals surface area contributed by atoms with Crippen molar-refractivity contribution in [3.8, 4) is 0 Å². The lowest BCUT2D eigenvalue weighted by molar-refractivity contribution is -0.147. The van der Waals surface area contributed by atoms with Gasteiger partial charge in [-0.3, -0.25) is 14.0 Å². The first-order valence-electron chi connectivity index (χ1n) is 7.09. The maximum Gasteiger partial charge on any atom is 0.451 e. The van der Waals surface area contributed by atoms with Gasteiger partial charge < -0.3 is 9.47 Å². The van der Waals surface area contributed by atoms with Gasteiger partial charge in [-0.15, -0.1) is 21.5 Å². The highest BCUT2D eigenvalue weighted by Gasteiger charge is 2.40. The Balaban J connectivity index is 1.65. The highest BCUT2D eigenvalue weighted by Crippen LogP contribution is 2.29. The van der Waals surface area contributed by atoms with E-state index < -0.39 is 23.5 Å². The van der Waals surface area contributed by atoms with E-state index in [1.54, 1.807) is 5.38 Å². The molecule has 1 aliphatic heterocycles. The van der Waals surface area contributed by atoms with Gasteiger partial charge in [0.2, 0.25) is 5.82 Å². The zero-order chi connectivity index (χ0) is 17.8. The van der Waals surface area contributed by atoms with Crippen LogP contribution in [-0.2, 0) is 19.3 Å². The molecule has 3 aromatic rings. The fourth-order valence-electron chi connectivity index (χ4n) is 2.68. The summed E-state index contributed by atoms with van der Waals surface area (Å²) in [6, 6.07) is 0. The van der Waals surface area contributed by atoms with Crippen LogP contribution in [0.1, 0.15) is 22.0 Å². The largest absolute Gasteiger partial charge is 0.451 e. The van der Waals surface area contributed by atoms with E-state index in [2.05, 4.69) is 15.2 Å². The molecule has 1 aliphatic rings. The van der Waals surface area contributed by atoms with E-state index in [0.29, 0.717) is 4.96 Å². The van der Waals surface area contributed by atoms with E-state index in [4.69, 9.17) is 0 Å². The van der Waals surface area contributed by atoms with Crippen LogP contribution in [0.3, 0.4) is 0 Å². The van der Waals surface area contributed by atoms with Crippen molar-refractivity contribution in [1.82, 2.24) is 29.0 Å². The zero-order valence-electron chi connectivity index (χ0n) is 12.4. The summed E-state index contributed by atoms with van der Waals surface area (Å²) in [4.78, 5) is 30.7. The summed E-state index contributed by atoms with van der Waals surface area (Å²) in [6.45, 7) is -0.245. The number of hydrogen-bond donors (Lipinski definition) is 0. The summed E-state index contributed by atoms with van der Waals surface area (Å²) in [6.07, 6.45) is -1.91. The van der Waals surface area contributed by atoms with Gasteiger partial charge in [-0.25, -0.2) is 4.98 Å². The zero-order valence-corrected chi connectivity index (χ0v) is 13.2. The first kappa shape index (κ1) is 15.7. The fraction of sp³-hybridized carbons (Fsp3) is 0.308. The van der Waals surface area contributed by atoms with Crippen molar-refractivity contribution >= 4 is 22.2 Å². The lowest BCUT2D eigenvalue weighted by Gasteiger charge is -2.27. The summed E-state index contributed by atoms with van der Waals surface area (Å²) in [5, 5.41) is 8.34. The molecule has 12 heteroatoms. The monoisotopic (exact) mass is 370 g/mol. The highest BCUT2D eigenvalue weighted by atomic mass is 32.1. The van der Waals surface area contributed by atoms with E-state index in [1.807, 2.05) is 0 Å². The number of amides is 1. The summed E-state index contributed by atoms with van der Waals surface area (Å²) in [5.41, 5.74) is -0.654. The summed E-state index contributed by atoms with van der Waals surface area (Å²) in [7, 11) is 0. The third-order valence-electron chi connectivity index (χ3n) is 3.87. The minimum absolute atomic E-state index is 0.0126. The molecule has 0 radical (unpaired) electrons. The summed E-state index contributed by atoms with van der Waals surface area (Å²) >= 11 is 1.25. The second kappa shape index (κ2) is 5.37. The molecule has 0 spiro atoms. The quantitative estimate of drug-likeness (QED) is 0.639. The third-order valence-corrected chi connectivity index (χ3v) is 4.64. The maximum absolute atomic E-state index is 12.8. The van der Waals surface area contributed by atoms with E-state index in [0.717, 1.165) is 4.57 Å². The van der Waals surface area contributed by atoms with Gasteiger partial charge in [0.25, 0.3) is 11.5 Å². The Labute approximate surface area is 141 Å². The smallest absolute Gasteiger partial charge is 0.329 e. The molecule has 130 valence electrons. The molecular formula is C13H9F3N6O2S. The van der Waals surface area contributed by atoms with Gasteiger partial charge in [0.05, 0.1) is 6.54 Å². The van der Waals surface area contributed by atoms with Crippen molar-refractivity contribution in [2.24, 2.45) is 0 Å². The molecule has 0 bridgehead atoms. The number of hydrogen-bond acceptors (Lipinski definition) is 6. The standard InChI is InChI=1S/C13H9F3N6O2S/c14-13(15,16)11-19-18-8-6-20(1-2-21(8)11)9(23)7-5-17-12-22(10(7)24)3-4-25-12/h3-5H,1-2,6H2. The lowest BCUT2D eigenvalue weighted by Crippen LogP contribution is -2.41. The van der Waals surface area contributed by atoms with Crippen LogP contribution in [-0.4, -0.2) is 41.5 Å². The number of alkyl halides is 3. The van der Waals surface area contributed by atoms with Crippen LogP contribution < -0.4 is 5.56 Å². The van der Waals surface area contributed by atoms with Crippen molar-refractivity contribution in [3.05, 3.63) is 45.3 Å². The predicted molar refractivity (Wildman–Crippen MR) is 79.1 cm³/mol. The maximum atomic E-state index is 12.8. The van der Waals surface area contributed by atoms with Crippen LogP contribution in [0.15, 0.2) is 22.6 Å². The van der Waals surface area contributed by atoms with Crippen molar-refractivity contribution in [3.63, 3.8) is 0 Å². The Morgan fingerprint density at radius 3 is 2.80 bits per heavy atom. The average molecular weight is 370 g/mol. The van der Waals surface area contributed by atoms with E-state index >= 15 is 0 Å². The average Bonchev–Trinajstić information content (AvgIpc) is 3.20. The van der Waals surface area contributed by atoms with Crippen molar-refractivity contribution in [2.75, 3.05) is 6.54 Å². The van der Waals surface area contributed by atoms with Crippen molar-refractivity contribution < 1.29 is 18.0 Å². The highest BCUT2D eigenvalue weighted by molar-refractivity contribution is 7.15. The Kier molecular flexibility index (Phi) is 3.39. The first-order chi connectivity index (χ1) is 11.9. The molecule has 0 aliphatic carbocycles. The van der Waals surface area contributed by atoms with Crippen LogP contribution >= 0.6 is 11.3 Å². The van der Waals surface area contributed by atoms with Gasteiger partial charge in [-0.2, -0.15) is 13.2 Å². The topological polar surface area (TPSA) is 85.4 Å². The number of aromatic nitrogens is 5. The molecular weight excluding hydrogens is 361 g/mol. The second-order valence-electron chi connectivity index (χ2n) is 5.35. The third kappa shape index (κ3) is 2.49. The van der Waals surface area contributed by atoms with Gasteiger partial charge in [0, 0.05) is 30.9 Å². The molecule has 4 heterocycles. The number of carbonyl (C=O) groups excluding carboxylic acids is 1. The molecule has 8 nitrogen and oxygen atoms in total. The Morgan fingerprint density at radius 1 is 1.24 bits per heavy atom. The lowest BCUT2D eigenvalue weighted by atomic mass is 10.2. The second-order valence-corrected chi connectivity index (χ2v) is 6.22. The van der Waals surface area contributed by atoms with Gasteiger partial charge in [-0.05, 0) is 0 Å². The van der Waals surface area contributed by atoms with Gasteiger partial charge in [0.15, 0.2) is 10.8 Å². The summed E-state index contributed by atoms with van der Waals surface area (Å²) in [5.74, 6) is -1.66. The molecule has 0 unspecified atom stereocenters. The molecule has 1 amide bonds. The molecule has 0 saturated carbocycles. The van der Waals surface area contributed by atoms with Crippen molar-refractivity contribution in [1.29, 1.82) is 0 Å². The van der Waals surface area contributed by atoms with Crippen LogP contribution in [0.4, 0.5) is 13.2 Å². The Bertz CT molecular complexity index is 1040. The molecule has 0 atom stereocenters. The predicted octanol–water partition coefficient (Wildman–Crippen LogP) is 1.02. The number of fused-ring (bicyclic) bond motifs is 2. The number of rotatable bonds is 1. The first-order valence-corrected chi connectivity index (χ1v) is 7.97. The van der Waals surface area contributed by atoms with Crippen LogP contribution in [0.25, 0.3) is 4.96 Å². The SMILES string of the molecule is O=C(c1cnc2sccn2c1=O)N1CCn2c(nnc2C(F)(F)F)C1. The normalized spacial score (nSPS) is 14.8. The minimum atomic E-state index is -4.61. The molecule has 0 saturated heterocycles. The molecule has 25 heavy (non-hydrogen) atoms. The molecule has 0 fully saturated rings. The number of thiazole rings is 1. The number of carbonyl (C=O) groups is 1. The molecule has 3 aromatic heterocycles. The number of nitrogens with zero attached hydrogens (tertiary/aromatic N) is 6. The Morgan fingerprint density at radius 2 is 2.04 bits per heavy atom. The Hall–Kier alpha value is -2.76. The minimum Gasteiger partial charge on any atom is -0.329 e. The van der Waals surface area contributed by atoms with Crippen molar-refractivity contribution in [2.45, 2.75) is 19.3 Å². The van der Waals surface area contributed by atoms with E-state index in [1.165, 1.54) is 33.0 Å². The molecule has 0 aromatic carbocycles.